The van der Waals surface area contributed by atoms with Gasteiger partial charge in [-0.15, -0.1) is 0 Å². The van der Waals surface area contributed by atoms with E-state index in [-0.39, 0.29) is 54.9 Å². The van der Waals surface area contributed by atoms with Crippen molar-refractivity contribution >= 4 is 31.9 Å². The van der Waals surface area contributed by atoms with E-state index >= 15 is 0 Å². The average Bonchev–Trinajstić information content (AvgIpc) is 1.63. The highest BCUT2D eigenvalue weighted by atomic mass is 79.9. The molecule has 12 heterocycles. The van der Waals surface area contributed by atoms with Gasteiger partial charge >= 0.3 is 29.1 Å². The smallest absolute Gasteiger partial charge is 0.330 e. The quantitative estimate of drug-likeness (QED) is 0.0817. The zero-order valence-electron chi connectivity index (χ0n) is 51.7. The van der Waals surface area contributed by atoms with Gasteiger partial charge in [0, 0.05) is 102 Å². The summed E-state index contributed by atoms with van der Waals surface area (Å²) in [4.78, 5) is 104. The summed E-state index contributed by atoms with van der Waals surface area (Å²) < 4.78 is 117. The van der Waals surface area contributed by atoms with Crippen LogP contribution in [0.25, 0.3) is 0 Å². The van der Waals surface area contributed by atoms with Gasteiger partial charge in [-0.3, -0.25) is 61.8 Å². The maximum Gasteiger partial charge on any atom is 0.330 e. The molecule has 28 nitrogen and oxygen atoms in total. The van der Waals surface area contributed by atoms with Crippen molar-refractivity contribution in [1.29, 1.82) is 0 Å². The van der Waals surface area contributed by atoms with Crippen molar-refractivity contribution in [2.24, 2.45) is 29.6 Å². The van der Waals surface area contributed by atoms with E-state index in [4.69, 9.17) is 33.2 Å². The molecule has 0 aromatic carbocycles. The van der Waals surface area contributed by atoms with Crippen molar-refractivity contribution in [3.05, 3.63) is 145 Å². The van der Waals surface area contributed by atoms with Crippen LogP contribution in [0.3, 0.4) is 0 Å². The number of H-pyrrole nitrogens is 3. The fourth-order valence-corrected chi connectivity index (χ4v) is 14.0. The molecule has 18 atom stereocenters. The number of aromatic nitrogens is 10. The molecule has 35 heteroatoms. The zero-order chi connectivity index (χ0) is 68.4. The van der Waals surface area contributed by atoms with Crippen LogP contribution < -0.4 is 54.3 Å². The number of nitrogens with one attached hydrogen (secondary N) is 3. The third-order valence-corrected chi connectivity index (χ3v) is 21.1. The van der Waals surface area contributed by atoms with E-state index < -0.39 is 160 Å². The Bertz CT molecular complexity index is 3580. The lowest BCUT2D eigenvalue weighted by Gasteiger charge is -2.30. The summed E-state index contributed by atoms with van der Waals surface area (Å²) in [6.45, 7) is 13.3. The number of halogens is 7. The van der Waals surface area contributed by atoms with Crippen LogP contribution in [-0.4, -0.2) is 166 Å². The summed E-state index contributed by atoms with van der Waals surface area (Å²) >= 11 is 6.55. The fraction of sp³-hybridized carbons (Fsp3) is 0.655. The summed E-state index contributed by atoms with van der Waals surface area (Å²) in [6, 6.07) is 6.19. The van der Waals surface area contributed by atoms with Crippen molar-refractivity contribution in [2.75, 3.05) is 43.7 Å². The summed E-state index contributed by atoms with van der Waals surface area (Å²) in [5.41, 5.74) is -9.09. The maximum atomic E-state index is 14.4. The number of hydrogen-bond acceptors (Lipinski definition) is 20. The van der Waals surface area contributed by atoms with Crippen molar-refractivity contribution in [3.63, 3.8) is 0 Å². The Kier molecular flexibility index (Phi) is 22.6. The Morgan fingerprint density at radius 1 is 0.441 bits per heavy atom. The minimum absolute atomic E-state index is 0.116. The molecular formula is C58H75Br2F5N10O18. The van der Waals surface area contributed by atoms with Gasteiger partial charge in [-0.2, -0.15) is 9.97 Å². The summed E-state index contributed by atoms with van der Waals surface area (Å²) in [7, 11) is 0. The number of fused-ring (bicyclic) bond motifs is 8. The number of hydrogen-bond donors (Lipinski definition) is 6. The van der Waals surface area contributed by atoms with Crippen molar-refractivity contribution in [1.82, 2.24) is 47.8 Å². The first-order valence-corrected chi connectivity index (χ1v) is 32.2. The molecular weight excluding hydrogens is 1380 g/mol. The van der Waals surface area contributed by atoms with Crippen molar-refractivity contribution < 1.29 is 70.4 Å². The van der Waals surface area contributed by atoms with Gasteiger partial charge in [-0.25, -0.2) is 36.3 Å². The molecule has 93 heavy (non-hydrogen) atoms. The third-order valence-electron chi connectivity index (χ3n) is 19.2. The van der Waals surface area contributed by atoms with Crippen molar-refractivity contribution in [3.8, 4) is 12.0 Å². The van der Waals surface area contributed by atoms with E-state index in [1.54, 1.807) is 20.8 Å². The molecule has 0 amide bonds. The van der Waals surface area contributed by atoms with Gasteiger partial charge in [-0.05, 0) is 19.3 Å². The molecule has 0 saturated carbocycles. The number of alkyl halides is 7. The predicted molar refractivity (Wildman–Crippen MR) is 326 cm³/mol. The minimum atomic E-state index is -1.59. The normalized spacial score (nSPS) is 33.8. The zero-order valence-corrected chi connectivity index (χ0v) is 54.9. The van der Waals surface area contributed by atoms with Crippen molar-refractivity contribution in [2.45, 2.75) is 165 Å². The van der Waals surface area contributed by atoms with Crippen LogP contribution in [0.15, 0.2) is 99.7 Å². The van der Waals surface area contributed by atoms with E-state index in [2.05, 4.69) is 46.8 Å². The third kappa shape index (κ3) is 13.6. The minimum Gasteiger partial charge on any atom is -0.461 e. The standard InChI is InChI=1S/C13H19FN2O3.C12H15FN2O3.C11H14BrFN2O4.C11H12BrFN2O3.C11H15FN2O5/c1-4-13(5-2)8(3)10(14)11(19-13)16-7-6-9(17)15-12(16)18;1-3-12-6-17-11-14-8(16)4-5-15(11)10(18-12)9(13)7(12)2;1-6-8(13)9(19-11(6,4-12)5-16)15-3-2-7(17)14-10(15)18;1-6-8(13)9-15-3-2-7(16)14-10(15)17-5-11(6,4-12)18-9;1-6-8(12)9(19-11(6,4-15)5-16)14-3-2-7(17)13-10(14)18/h6-8,10-11H,4-5H2,1-3H3,(H,15,17,18);4-5,7,9-10H,3,6H2,1-2H3;2-3,6,8-9,16H,4-5H2,1H3,(H,14,17,18);2-3,6,8-9H,4-5H2,1H3;2-3,6,8-9,15-16H,4-5H2,1H3,(H,13,17,18)/t8-,10-,11+;7-,9-,10+,12+;2*6-,8-,9+,11+;6-,8-,9+/m00000/s1. The molecule has 7 aliphatic rings. The summed E-state index contributed by atoms with van der Waals surface area (Å²) in [6.07, 6.45) is -3.05. The first-order valence-electron chi connectivity index (χ1n) is 29.9. The molecule has 514 valence electrons. The Morgan fingerprint density at radius 3 is 1.08 bits per heavy atom. The number of nitrogens with zero attached hydrogens (tertiary/aromatic N) is 7. The highest BCUT2D eigenvalue weighted by molar-refractivity contribution is 9.09. The molecule has 4 bridgehead atoms. The molecule has 6 N–H and O–H groups in total. The Morgan fingerprint density at radius 2 is 0.753 bits per heavy atom. The topological polar surface area (TPSA) is 360 Å². The second-order valence-electron chi connectivity index (χ2n) is 23.9. The van der Waals surface area contributed by atoms with Gasteiger partial charge in [-0.1, -0.05) is 87.2 Å². The molecule has 7 aliphatic heterocycles. The van der Waals surface area contributed by atoms with Gasteiger partial charge in [0.1, 0.15) is 35.6 Å². The number of ether oxygens (including phenoxy) is 7. The number of aromatic amines is 3. The van der Waals surface area contributed by atoms with Crippen LogP contribution in [0.5, 0.6) is 12.0 Å². The van der Waals surface area contributed by atoms with Gasteiger partial charge in [0.15, 0.2) is 62.0 Å². The largest absolute Gasteiger partial charge is 0.461 e. The average molecular weight is 1460 g/mol. The highest BCUT2D eigenvalue weighted by Gasteiger charge is 2.59. The van der Waals surface area contributed by atoms with Crippen LogP contribution >= 0.6 is 31.9 Å². The second kappa shape index (κ2) is 29.0. The van der Waals surface area contributed by atoms with Gasteiger partial charge in [0.05, 0.1) is 25.4 Å². The first-order chi connectivity index (χ1) is 44.0. The number of aliphatic hydroxyl groups excluding tert-OH is 3. The Hall–Kier alpha value is -6.31. The fourth-order valence-electron chi connectivity index (χ4n) is 12.3. The highest BCUT2D eigenvalue weighted by Crippen LogP contribution is 2.50. The Labute approximate surface area is 542 Å². The van der Waals surface area contributed by atoms with E-state index in [9.17, 15) is 75.6 Å². The second-order valence-corrected chi connectivity index (χ2v) is 25.0. The lowest BCUT2D eigenvalue weighted by molar-refractivity contribution is -0.136. The molecule has 5 aromatic rings. The van der Waals surface area contributed by atoms with E-state index in [1.165, 1.54) is 59.0 Å². The molecule has 0 radical (unpaired) electrons. The molecule has 5 saturated heterocycles. The van der Waals surface area contributed by atoms with Gasteiger partial charge in [0.25, 0.3) is 27.8 Å². The molecule has 0 spiro atoms. The molecule has 0 unspecified atom stereocenters. The van der Waals surface area contributed by atoms with Gasteiger partial charge in [0.2, 0.25) is 0 Å². The lowest BCUT2D eigenvalue weighted by atomic mass is 9.83. The summed E-state index contributed by atoms with van der Waals surface area (Å²) in [5.74, 6) is -2.24. The van der Waals surface area contributed by atoms with Crippen LogP contribution in [0.1, 0.15) is 106 Å². The number of rotatable bonds is 11. The molecule has 5 aromatic heterocycles. The molecule has 5 fully saturated rings. The monoisotopic (exact) mass is 1450 g/mol. The van der Waals surface area contributed by atoms with E-state index in [1.807, 2.05) is 37.7 Å². The summed E-state index contributed by atoms with van der Waals surface area (Å²) in [5, 5.41) is 28.7. The lowest BCUT2D eigenvalue weighted by Crippen LogP contribution is -2.43. The molecule has 12 rings (SSSR count). The maximum absolute atomic E-state index is 14.4. The number of aliphatic hydroxyl groups is 3. The SMILES string of the molecule is CCC1(CC)O[C@@H](n2ccc(=O)[nH]c2=O)[C@@H](F)[C@@H]1C.CC[C@]12COc3nc(=O)ccn3[C@H](O1)[C@@H](F)[C@@H]2C.C[C@H]1[C@H](F)[C@H](n2ccc(=O)[nH]c2=O)OC1(CO)CO.C[C@H]1[C@H](F)[C@H](n2ccc(=O)[nH]c2=O)O[C@@]1(CO)CBr.C[C@H]1[C@H](F)[C@H]2O[C@]1(CBr)COc1nc(=O)ccn12. The van der Waals surface area contributed by atoms with Crippen LogP contribution in [0, 0.1) is 29.6 Å². The molecule has 0 aliphatic carbocycles. The Balaban J connectivity index is 0.000000149. The van der Waals surface area contributed by atoms with E-state index in [0.717, 1.165) is 32.0 Å². The van der Waals surface area contributed by atoms with E-state index in [0.29, 0.717) is 24.6 Å². The van der Waals surface area contributed by atoms with Crippen LogP contribution in [-0.2, 0) is 23.7 Å². The first kappa shape index (κ1) is 72.5. The van der Waals surface area contributed by atoms with Crippen LogP contribution in [0.4, 0.5) is 22.0 Å². The van der Waals surface area contributed by atoms with Gasteiger partial charge < -0.3 is 48.5 Å². The van der Waals surface area contributed by atoms with Crippen LogP contribution in [0.2, 0.25) is 0 Å². The predicted octanol–water partition coefficient (Wildman–Crippen LogP) is 3.09.